The highest BCUT2D eigenvalue weighted by molar-refractivity contribution is 7.90. The Morgan fingerprint density at radius 1 is 1.15 bits per heavy atom. The molecule has 0 saturated carbocycles. The molecule has 27 heavy (non-hydrogen) atoms. The fourth-order valence-electron chi connectivity index (χ4n) is 3.22. The Hall–Kier alpha value is -2.55. The molecule has 0 atom stereocenters. The van der Waals surface area contributed by atoms with Gasteiger partial charge in [-0.05, 0) is 25.0 Å². The average Bonchev–Trinajstić information content (AvgIpc) is 2.67. The summed E-state index contributed by atoms with van der Waals surface area (Å²) in [5, 5.41) is 0. The summed E-state index contributed by atoms with van der Waals surface area (Å²) in [4.78, 5) is 29.2. The summed E-state index contributed by atoms with van der Waals surface area (Å²) < 4.78 is 24.0. The van der Waals surface area contributed by atoms with Crippen LogP contribution >= 0.6 is 0 Å². The molecule has 0 bridgehead atoms. The van der Waals surface area contributed by atoms with Gasteiger partial charge in [0.25, 0.3) is 5.91 Å². The van der Waals surface area contributed by atoms with Gasteiger partial charge in [-0.25, -0.2) is 18.4 Å². The van der Waals surface area contributed by atoms with Gasteiger partial charge in [0.1, 0.15) is 0 Å². The van der Waals surface area contributed by atoms with Crippen molar-refractivity contribution >= 4 is 21.7 Å². The minimum Gasteiger partial charge on any atom is -0.347 e. The van der Waals surface area contributed by atoms with E-state index in [2.05, 4.69) is 15.0 Å². The molecule has 8 nitrogen and oxygen atoms in total. The van der Waals surface area contributed by atoms with E-state index in [4.69, 9.17) is 0 Å². The third-order valence-corrected chi connectivity index (χ3v) is 5.80. The van der Waals surface area contributed by atoms with Crippen LogP contribution in [0.5, 0.6) is 0 Å². The minimum absolute atomic E-state index is 0.0207. The number of nitrogens with zero attached hydrogens (tertiary/aromatic N) is 5. The highest BCUT2D eigenvalue weighted by Gasteiger charge is 2.28. The molecule has 1 saturated heterocycles. The van der Waals surface area contributed by atoms with Crippen LogP contribution in [-0.4, -0.2) is 67.6 Å². The molecular weight excluding hydrogens is 366 g/mol. The van der Waals surface area contributed by atoms with Gasteiger partial charge in [0.2, 0.25) is 5.95 Å². The number of hydrogen-bond acceptors (Lipinski definition) is 7. The van der Waals surface area contributed by atoms with Crippen molar-refractivity contribution in [2.75, 3.05) is 38.3 Å². The van der Waals surface area contributed by atoms with Crippen LogP contribution < -0.4 is 4.90 Å². The summed E-state index contributed by atoms with van der Waals surface area (Å²) in [7, 11) is 0.344. The third-order valence-electron chi connectivity index (χ3n) is 4.65. The average molecular weight is 389 g/mol. The smallest absolute Gasteiger partial charge is 0.256 e. The number of likely N-dealkylation sites (tertiary alicyclic amines) is 1. The SMILES string of the molecule is CN(C)c1ncc(C(=O)N2CCC(c3ncccc3S(C)(=O)=O)CC2)cn1. The van der Waals surface area contributed by atoms with Crippen molar-refractivity contribution in [1.29, 1.82) is 0 Å². The number of pyridine rings is 1. The Morgan fingerprint density at radius 3 is 2.33 bits per heavy atom. The van der Waals surface area contributed by atoms with E-state index in [9.17, 15) is 13.2 Å². The molecular formula is C18H23N5O3S. The molecule has 0 aromatic carbocycles. The third kappa shape index (κ3) is 4.24. The van der Waals surface area contributed by atoms with E-state index in [1.165, 1.54) is 18.6 Å². The molecule has 0 spiro atoms. The first kappa shape index (κ1) is 19.2. The van der Waals surface area contributed by atoms with Gasteiger partial charge in [-0.3, -0.25) is 9.78 Å². The molecule has 3 heterocycles. The van der Waals surface area contributed by atoms with Crippen molar-refractivity contribution in [2.45, 2.75) is 23.7 Å². The van der Waals surface area contributed by atoms with Gasteiger partial charge < -0.3 is 9.80 Å². The van der Waals surface area contributed by atoms with Crippen molar-refractivity contribution in [3.05, 3.63) is 42.0 Å². The molecule has 2 aromatic rings. The Balaban J connectivity index is 1.70. The molecule has 1 fully saturated rings. The van der Waals surface area contributed by atoms with E-state index in [0.29, 0.717) is 43.1 Å². The van der Waals surface area contributed by atoms with E-state index < -0.39 is 9.84 Å². The number of piperidine rings is 1. The first-order chi connectivity index (χ1) is 12.8. The van der Waals surface area contributed by atoms with Gasteiger partial charge in [0, 0.05) is 57.9 Å². The maximum atomic E-state index is 12.7. The van der Waals surface area contributed by atoms with Crippen LogP contribution in [0.15, 0.2) is 35.6 Å². The maximum absolute atomic E-state index is 12.7. The van der Waals surface area contributed by atoms with Crippen molar-refractivity contribution in [3.8, 4) is 0 Å². The fraction of sp³-hybridized carbons (Fsp3) is 0.444. The van der Waals surface area contributed by atoms with Gasteiger partial charge in [-0.15, -0.1) is 0 Å². The topological polar surface area (TPSA) is 96.4 Å². The maximum Gasteiger partial charge on any atom is 0.256 e. The second kappa shape index (κ2) is 7.59. The lowest BCUT2D eigenvalue weighted by molar-refractivity contribution is 0.0710. The number of sulfone groups is 1. The Morgan fingerprint density at radius 2 is 1.78 bits per heavy atom. The van der Waals surface area contributed by atoms with E-state index in [-0.39, 0.29) is 16.7 Å². The van der Waals surface area contributed by atoms with Crippen molar-refractivity contribution in [1.82, 2.24) is 19.9 Å². The summed E-state index contributed by atoms with van der Waals surface area (Å²) in [6.07, 6.45) is 7.23. The van der Waals surface area contributed by atoms with Crippen LogP contribution in [0.4, 0.5) is 5.95 Å². The van der Waals surface area contributed by atoms with Crippen LogP contribution in [0.25, 0.3) is 0 Å². The zero-order valence-corrected chi connectivity index (χ0v) is 16.5. The number of hydrogen-bond donors (Lipinski definition) is 0. The van der Waals surface area contributed by atoms with Crippen molar-refractivity contribution in [3.63, 3.8) is 0 Å². The van der Waals surface area contributed by atoms with Crippen LogP contribution in [0, 0.1) is 0 Å². The quantitative estimate of drug-likeness (QED) is 0.779. The lowest BCUT2D eigenvalue weighted by Crippen LogP contribution is -2.38. The molecule has 144 valence electrons. The fourth-order valence-corrected chi connectivity index (χ4v) is 4.15. The molecule has 0 N–H and O–H groups in total. The summed E-state index contributed by atoms with van der Waals surface area (Å²) >= 11 is 0. The van der Waals surface area contributed by atoms with E-state index in [1.54, 1.807) is 28.1 Å². The number of carbonyl (C=O) groups is 1. The molecule has 2 aromatic heterocycles. The van der Waals surface area contributed by atoms with Crippen LogP contribution in [0.2, 0.25) is 0 Å². The Bertz CT molecular complexity index is 920. The summed E-state index contributed by atoms with van der Waals surface area (Å²) in [6.45, 7) is 1.08. The van der Waals surface area contributed by atoms with Gasteiger partial charge in [0.05, 0.1) is 16.2 Å². The number of aromatic nitrogens is 3. The lowest BCUT2D eigenvalue weighted by atomic mass is 9.92. The second-order valence-corrected chi connectivity index (χ2v) is 8.88. The summed E-state index contributed by atoms with van der Waals surface area (Å²) in [6, 6.07) is 3.23. The van der Waals surface area contributed by atoms with E-state index in [1.807, 2.05) is 14.1 Å². The molecule has 1 aliphatic rings. The summed E-state index contributed by atoms with van der Waals surface area (Å²) in [5.74, 6) is 0.462. The number of carbonyl (C=O) groups excluding carboxylic acids is 1. The zero-order chi connectivity index (χ0) is 19.6. The van der Waals surface area contributed by atoms with Crippen LogP contribution in [0.1, 0.15) is 34.8 Å². The van der Waals surface area contributed by atoms with Crippen LogP contribution in [0.3, 0.4) is 0 Å². The molecule has 9 heteroatoms. The standard InChI is InChI=1S/C18H23N5O3S/c1-22(2)18-20-11-14(12-21-18)17(24)23-9-6-13(7-10-23)16-15(27(3,25)26)5-4-8-19-16/h4-5,8,11-13H,6-7,9-10H2,1-3H3. The highest BCUT2D eigenvalue weighted by atomic mass is 32.2. The molecule has 0 aliphatic carbocycles. The lowest BCUT2D eigenvalue weighted by Gasteiger charge is -2.32. The normalized spacial score (nSPS) is 15.6. The minimum atomic E-state index is -3.33. The van der Waals surface area contributed by atoms with Crippen molar-refractivity contribution in [2.24, 2.45) is 0 Å². The molecule has 3 rings (SSSR count). The monoisotopic (exact) mass is 389 g/mol. The summed E-state index contributed by atoms with van der Waals surface area (Å²) in [5.41, 5.74) is 1.06. The molecule has 0 radical (unpaired) electrons. The highest BCUT2D eigenvalue weighted by Crippen LogP contribution is 2.31. The Labute approximate surface area is 159 Å². The van der Waals surface area contributed by atoms with Crippen LogP contribution in [-0.2, 0) is 9.84 Å². The molecule has 1 amide bonds. The predicted molar refractivity (Wildman–Crippen MR) is 102 cm³/mol. The van der Waals surface area contributed by atoms with Gasteiger partial charge >= 0.3 is 0 Å². The number of rotatable bonds is 4. The Kier molecular flexibility index (Phi) is 5.41. The molecule has 0 unspecified atom stereocenters. The van der Waals surface area contributed by atoms with Gasteiger partial charge in [-0.1, -0.05) is 0 Å². The second-order valence-electron chi connectivity index (χ2n) is 6.89. The number of anilines is 1. The predicted octanol–water partition coefficient (Wildman–Crippen LogP) is 1.36. The number of amides is 1. The first-order valence-electron chi connectivity index (χ1n) is 8.71. The van der Waals surface area contributed by atoms with E-state index in [0.717, 1.165) is 0 Å². The van der Waals surface area contributed by atoms with Crippen molar-refractivity contribution < 1.29 is 13.2 Å². The van der Waals surface area contributed by atoms with Gasteiger partial charge in [-0.2, -0.15) is 0 Å². The zero-order valence-electron chi connectivity index (χ0n) is 15.7. The molecule has 1 aliphatic heterocycles. The largest absolute Gasteiger partial charge is 0.347 e. The first-order valence-corrected chi connectivity index (χ1v) is 10.6. The van der Waals surface area contributed by atoms with Gasteiger partial charge in [0.15, 0.2) is 9.84 Å². The van der Waals surface area contributed by atoms with E-state index >= 15 is 0 Å².